The lowest BCUT2D eigenvalue weighted by molar-refractivity contribution is 0.323. The third kappa shape index (κ3) is 3.89. The molecule has 0 bridgehead atoms. The zero-order chi connectivity index (χ0) is 17.0. The maximum absolute atomic E-state index is 6.56. The molecule has 6 heteroatoms. The molecule has 136 valence electrons. The van der Waals surface area contributed by atoms with Gasteiger partial charge in [-0.2, -0.15) is 0 Å². The van der Waals surface area contributed by atoms with Gasteiger partial charge in [0.1, 0.15) is 0 Å². The standard InChI is InChI=1S/C19H26N2O4/c20-19(21,6-15-10-25-15)18-2-1-11(3-12-7-22-12)16(4-13-8-23-13)17(18)5-14-9-24-14/h1-2,12-15H,3-10,20-21H2. The van der Waals surface area contributed by atoms with E-state index >= 15 is 0 Å². The fourth-order valence-corrected chi connectivity index (χ4v) is 3.79. The highest BCUT2D eigenvalue weighted by Gasteiger charge is 2.38. The Balaban J connectivity index is 1.53. The van der Waals surface area contributed by atoms with Crippen LogP contribution in [0.2, 0.25) is 0 Å². The van der Waals surface area contributed by atoms with Gasteiger partial charge >= 0.3 is 0 Å². The third-order valence-electron chi connectivity index (χ3n) is 5.52. The van der Waals surface area contributed by atoms with Crippen molar-refractivity contribution in [1.82, 2.24) is 0 Å². The van der Waals surface area contributed by atoms with E-state index in [9.17, 15) is 0 Å². The Morgan fingerprint density at radius 3 is 1.84 bits per heavy atom. The van der Waals surface area contributed by atoms with Crippen LogP contribution in [0, 0.1) is 0 Å². The van der Waals surface area contributed by atoms with Crippen LogP contribution in [0.5, 0.6) is 0 Å². The molecule has 0 amide bonds. The summed E-state index contributed by atoms with van der Waals surface area (Å²) in [6.45, 7) is 3.29. The number of epoxide rings is 4. The molecule has 1 aromatic rings. The summed E-state index contributed by atoms with van der Waals surface area (Å²) in [5, 5.41) is 0. The summed E-state index contributed by atoms with van der Waals surface area (Å²) in [6, 6.07) is 4.31. The van der Waals surface area contributed by atoms with Crippen molar-refractivity contribution < 1.29 is 18.9 Å². The quantitative estimate of drug-likeness (QED) is 0.495. The van der Waals surface area contributed by atoms with Crippen LogP contribution in [0.25, 0.3) is 0 Å². The summed E-state index contributed by atoms with van der Waals surface area (Å²) in [6.07, 6.45) is 4.56. The molecule has 25 heavy (non-hydrogen) atoms. The Morgan fingerprint density at radius 2 is 1.28 bits per heavy atom. The van der Waals surface area contributed by atoms with E-state index in [0.29, 0.717) is 18.6 Å². The van der Waals surface area contributed by atoms with Gasteiger partial charge in [-0.3, -0.25) is 0 Å². The average molecular weight is 346 g/mol. The van der Waals surface area contributed by atoms with Crippen molar-refractivity contribution in [3.8, 4) is 0 Å². The molecular formula is C19H26N2O4. The second-order valence-electron chi connectivity index (χ2n) is 7.91. The molecule has 0 radical (unpaired) electrons. The summed E-state index contributed by atoms with van der Waals surface area (Å²) < 4.78 is 21.9. The molecule has 0 aromatic heterocycles. The highest BCUT2D eigenvalue weighted by Crippen LogP contribution is 2.35. The van der Waals surface area contributed by atoms with Gasteiger partial charge in [0.15, 0.2) is 0 Å². The van der Waals surface area contributed by atoms with Crippen molar-refractivity contribution in [2.45, 2.75) is 55.8 Å². The van der Waals surface area contributed by atoms with Crippen LogP contribution in [-0.4, -0.2) is 50.8 Å². The fraction of sp³-hybridized carbons (Fsp3) is 0.684. The largest absolute Gasteiger partial charge is 0.373 e. The molecule has 4 N–H and O–H groups in total. The van der Waals surface area contributed by atoms with Crippen molar-refractivity contribution in [2.24, 2.45) is 11.5 Å². The molecule has 0 saturated carbocycles. The Morgan fingerprint density at radius 1 is 0.760 bits per heavy atom. The van der Waals surface area contributed by atoms with Gasteiger partial charge in [0.2, 0.25) is 0 Å². The van der Waals surface area contributed by atoms with Crippen molar-refractivity contribution in [3.05, 3.63) is 34.4 Å². The van der Waals surface area contributed by atoms with E-state index in [2.05, 4.69) is 12.1 Å². The van der Waals surface area contributed by atoms with Gasteiger partial charge in [-0.15, -0.1) is 0 Å². The van der Waals surface area contributed by atoms with Gasteiger partial charge < -0.3 is 30.4 Å². The van der Waals surface area contributed by atoms with Crippen molar-refractivity contribution >= 4 is 0 Å². The highest BCUT2D eigenvalue weighted by atomic mass is 16.6. The van der Waals surface area contributed by atoms with Crippen LogP contribution in [0.15, 0.2) is 12.1 Å². The first-order valence-electron chi connectivity index (χ1n) is 9.27. The van der Waals surface area contributed by atoms with Crippen molar-refractivity contribution in [1.29, 1.82) is 0 Å². The Kier molecular flexibility index (Phi) is 3.89. The summed E-state index contributed by atoms with van der Waals surface area (Å²) in [5.74, 6) is 0. The summed E-state index contributed by atoms with van der Waals surface area (Å²) in [5.41, 5.74) is 17.2. The number of benzene rings is 1. The van der Waals surface area contributed by atoms with Crippen molar-refractivity contribution in [2.75, 3.05) is 26.4 Å². The van der Waals surface area contributed by atoms with Crippen LogP contribution in [0.3, 0.4) is 0 Å². The lowest BCUT2D eigenvalue weighted by Gasteiger charge is -2.29. The fourth-order valence-electron chi connectivity index (χ4n) is 3.79. The van der Waals surface area contributed by atoms with E-state index in [1.165, 1.54) is 16.7 Å². The normalized spacial score (nSPS) is 32.6. The highest BCUT2D eigenvalue weighted by molar-refractivity contribution is 5.46. The molecule has 4 heterocycles. The van der Waals surface area contributed by atoms with E-state index in [-0.39, 0.29) is 12.2 Å². The molecule has 4 fully saturated rings. The molecule has 4 saturated heterocycles. The van der Waals surface area contributed by atoms with Crippen molar-refractivity contribution in [3.63, 3.8) is 0 Å². The summed E-state index contributed by atoms with van der Waals surface area (Å²) in [4.78, 5) is 0. The minimum atomic E-state index is -0.876. The van der Waals surface area contributed by atoms with E-state index < -0.39 is 5.66 Å². The predicted molar refractivity (Wildman–Crippen MR) is 91.2 cm³/mol. The summed E-state index contributed by atoms with van der Waals surface area (Å²) in [7, 11) is 0. The summed E-state index contributed by atoms with van der Waals surface area (Å²) >= 11 is 0. The maximum Gasteiger partial charge on any atom is 0.0928 e. The lowest BCUT2D eigenvalue weighted by atomic mass is 9.83. The van der Waals surface area contributed by atoms with E-state index in [1.807, 2.05) is 0 Å². The molecule has 4 atom stereocenters. The van der Waals surface area contributed by atoms with Crippen LogP contribution in [0.4, 0.5) is 0 Å². The topological polar surface area (TPSA) is 102 Å². The molecular weight excluding hydrogens is 320 g/mol. The minimum absolute atomic E-state index is 0.190. The average Bonchev–Trinajstić information content (AvgIpc) is 3.41. The van der Waals surface area contributed by atoms with Gasteiger partial charge in [-0.1, -0.05) is 12.1 Å². The number of ether oxygens (including phenoxy) is 4. The minimum Gasteiger partial charge on any atom is -0.373 e. The van der Waals surface area contributed by atoms with Gasteiger partial charge in [0.05, 0.1) is 56.5 Å². The lowest BCUT2D eigenvalue weighted by Crippen LogP contribution is -2.48. The molecule has 4 aliphatic heterocycles. The number of hydrogen-bond donors (Lipinski definition) is 2. The van der Waals surface area contributed by atoms with E-state index in [4.69, 9.17) is 30.4 Å². The predicted octanol–water partition coefficient (Wildman–Crippen LogP) is 0.370. The van der Waals surface area contributed by atoms with Crippen LogP contribution in [-0.2, 0) is 43.9 Å². The molecule has 1 aromatic carbocycles. The number of hydrogen-bond acceptors (Lipinski definition) is 6. The molecule has 5 rings (SSSR count). The maximum atomic E-state index is 6.56. The van der Waals surface area contributed by atoms with Crippen LogP contribution < -0.4 is 11.5 Å². The van der Waals surface area contributed by atoms with E-state index in [1.54, 1.807) is 0 Å². The molecule has 0 aliphatic carbocycles. The smallest absolute Gasteiger partial charge is 0.0928 e. The molecule has 4 aliphatic rings. The SMILES string of the molecule is NC(N)(CC1CO1)c1ccc(CC2CO2)c(CC2CO2)c1CC1CO1. The first-order chi connectivity index (χ1) is 12.1. The van der Waals surface area contributed by atoms with Gasteiger partial charge in [0, 0.05) is 25.7 Å². The Labute approximate surface area is 147 Å². The second-order valence-corrected chi connectivity index (χ2v) is 7.91. The first kappa shape index (κ1) is 16.2. The number of nitrogens with two attached hydrogens (primary N) is 2. The van der Waals surface area contributed by atoms with Crippen LogP contribution in [0.1, 0.15) is 28.7 Å². The molecule has 0 spiro atoms. The monoisotopic (exact) mass is 346 g/mol. The van der Waals surface area contributed by atoms with E-state index in [0.717, 1.165) is 51.3 Å². The van der Waals surface area contributed by atoms with Gasteiger partial charge in [0.25, 0.3) is 0 Å². The van der Waals surface area contributed by atoms with Crippen LogP contribution >= 0.6 is 0 Å². The Bertz CT molecular complexity index is 662. The van der Waals surface area contributed by atoms with Gasteiger partial charge in [-0.25, -0.2) is 0 Å². The van der Waals surface area contributed by atoms with Gasteiger partial charge in [-0.05, 0) is 22.3 Å². The molecule has 4 unspecified atom stereocenters. The molecule has 6 nitrogen and oxygen atoms in total. The number of rotatable bonds is 9. The zero-order valence-corrected chi connectivity index (χ0v) is 14.4. The first-order valence-corrected chi connectivity index (χ1v) is 9.27. The third-order valence-corrected chi connectivity index (χ3v) is 5.52. The second kappa shape index (κ2) is 6.01. The Hall–Kier alpha value is -1.02. The zero-order valence-electron chi connectivity index (χ0n) is 14.4.